The van der Waals surface area contributed by atoms with Crippen molar-refractivity contribution in [1.29, 1.82) is 0 Å². The smallest absolute Gasteiger partial charge is 0.346 e. The molecule has 0 aliphatic heterocycles. The number of aromatic nitrogens is 2. The van der Waals surface area contributed by atoms with Gasteiger partial charge in [-0.05, 0) is 11.1 Å². The Labute approximate surface area is 133 Å². The van der Waals surface area contributed by atoms with Crippen LogP contribution in [-0.4, -0.2) is 33.2 Å². The first kappa shape index (κ1) is 18.6. The molecule has 1 aromatic heterocycles. The van der Waals surface area contributed by atoms with Crippen LogP contribution in [0.5, 0.6) is 0 Å². The summed E-state index contributed by atoms with van der Waals surface area (Å²) in [6.45, 7) is 4.43. The lowest BCUT2D eigenvalue weighted by Gasteiger charge is -1.98. The second-order valence-electron chi connectivity index (χ2n) is 4.53. The van der Waals surface area contributed by atoms with Gasteiger partial charge in [0.1, 0.15) is 18.9 Å². The molecule has 0 radical (unpaired) electrons. The highest BCUT2D eigenvalue weighted by Crippen LogP contribution is 2.05. The largest absolute Gasteiger partial charge is 0.726 e. The number of hydrogen-bond donors (Lipinski definition) is 2. The Hall–Kier alpha value is -2.49. The van der Waals surface area contributed by atoms with E-state index >= 15 is 0 Å². The van der Waals surface area contributed by atoms with Gasteiger partial charge in [-0.15, -0.1) is 0 Å². The van der Waals surface area contributed by atoms with Crippen LogP contribution in [0.15, 0.2) is 49.6 Å². The van der Waals surface area contributed by atoms with E-state index in [2.05, 4.69) is 6.58 Å². The maximum absolute atomic E-state index is 10.6. The fourth-order valence-electron chi connectivity index (χ4n) is 1.75. The van der Waals surface area contributed by atoms with E-state index in [0.717, 1.165) is 12.1 Å². The summed E-state index contributed by atoms with van der Waals surface area (Å²) in [7, 11) is -4.92. The van der Waals surface area contributed by atoms with Crippen molar-refractivity contribution in [1.82, 2.24) is 4.57 Å². The summed E-state index contributed by atoms with van der Waals surface area (Å²) in [5.74, 6) is -0.840. The third kappa shape index (κ3) is 8.51. The molecule has 9 heteroatoms. The molecule has 0 bridgehead atoms. The molecule has 0 saturated carbocycles. The summed E-state index contributed by atoms with van der Waals surface area (Å²) >= 11 is 0. The molecule has 2 rings (SSSR count). The lowest BCUT2D eigenvalue weighted by molar-refractivity contribution is -0.687. The Morgan fingerprint density at radius 3 is 2.39 bits per heavy atom. The topological polar surface area (TPSA) is 124 Å². The number of carboxylic acids is 1. The fourth-order valence-corrected chi connectivity index (χ4v) is 1.75. The molecular weight excluding hydrogens is 324 g/mol. The monoisotopic (exact) mass is 340 g/mol. The highest BCUT2D eigenvalue weighted by atomic mass is 32.3. The van der Waals surface area contributed by atoms with Crippen molar-refractivity contribution in [2.75, 3.05) is 0 Å². The SMILES string of the molecule is C=Cc1ccc(C[n+]2ccn(CC(=O)O)c2)cc1.O=S(=O)([O-])O. The van der Waals surface area contributed by atoms with E-state index in [1.165, 1.54) is 5.56 Å². The van der Waals surface area contributed by atoms with Gasteiger partial charge in [0, 0.05) is 0 Å². The first-order valence-corrected chi connectivity index (χ1v) is 7.70. The molecule has 1 heterocycles. The summed E-state index contributed by atoms with van der Waals surface area (Å²) in [4.78, 5) is 10.6. The van der Waals surface area contributed by atoms with Crippen LogP contribution in [0, 0.1) is 0 Å². The van der Waals surface area contributed by atoms with Gasteiger partial charge in [-0.2, -0.15) is 0 Å². The molecule has 0 spiro atoms. The minimum atomic E-state index is -4.92. The van der Waals surface area contributed by atoms with Crippen molar-refractivity contribution >= 4 is 22.4 Å². The van der Waals surface area contributed by atoms with Gasteiger partial charge >= 0.3 is 5.97 Å². The summed E-state index contributed by atoms with van der Waals surface area (Å²) in [5, 5.41) is 8.68. The molecule has 2 aromatic rings. The van der Waals surface area contributed by atoms with E-state index in [9.17, 15) is 4.79 Å². The van der Waals surface area contributed by atoms with Gasteiger partial charge in [-0.1, -0.05) is 36.9 Å². The predicted molar refractivity (Wildman–Crippen MR) is 80.2 cm³/mol. The molecule has 8 nitrogen and oxygen atoms in total. The summed E-state index contributed by atoms with van der Waals surface area (Å²) < 4.78 is 36.4. The zero-order chi connectivity index (χ0) is 17.5. The van der Waals surface area contributed by atoms with Crippen molar-refractivity contribution in [3.8, 4) is 0 Å². The van der Waals surface area contributed by atoms with Crippen LogP contribution in [0.3, 0.4) is 0 Å². The highest BCUT2D eigenvalue weighted by molar-refractivity contribution is 7.79. The Morgan fingerprint density at radius 2 is 1.91 bits per heavy atom. The molecule has 0 aliphatic carbocycles. The molecular formula is C14H16N2O6S. The lowest BCUT2D eigenvalue weighted by atomic mass is 10.1. The van der Waals surface area contributed by atoms with Crippen molar-refractivity contribution < 1.29 is 32.0 Å². The molecule has 0 unspecified atom stereocenters. The third-order valence-corrected chi connectivity index (χ3v) is 2.64. The maximum Gasteiger partial charge on any atom is 0.346 e. The molecule has 2 N–H and O–H groups in total. The average molecular weight is 340 g/mol. The van der Waals surface area contributed by atoms with E-state index in [0.29, 0.717) is 0 Å². The average Bonchev–Trinajstić information content (AvgIpc) is 2.84. The molecule has 0 amide bonds. The normalized spacial score (nSPS) is 10.5. The van der Waals surface area contributed by atoms with E-state index in [1.54, 1.807) is 23.2 Å². The van der Waals surface area contributed by atoms with Gasteiger partial charge in [0.25, 0.3) is 0 Å². The van der Waals surface area contributed by atoms with Crippen LogP contribution in [0.25, 0.3) is 6.08 Å². The van der Waals surface area contributed by atoms with Crippen LogP contribution in [0.4, 0.5) is 0 Å². The minimum absolute atomic E-state index is 0.0115. The number of benzene rings is 1. The molecule has 1 aromatic carbocycles. The van der Waals surface area contributed by atoms with E-state index in [4.69, 9.17) is 22.6 Å². The Kier molecular flexibility index (Phi) is 6.64. The van der Waals surface area contributed by atoms with Gasteiger partial charge in [0.15, 0.2) is 6.54 Å². The first-order chi connectivity index (χ1) is 10.7. The van der Waals surface area contributed by atoms with Crippen LogP contribution in [0.2, 0.25) is 0 Å². The molecule has 0 fully saturated rings. The Morgan fingerprint density at radius 1 is 1.35 bits per heavy atom. The Balaban J connectivity index is 0.000000463. The molecule has 0 saturated heterocycles. The molecule has 124 valence electrons. The van der Waals surface area contributed by atoms with E-state index in [-0.39, 0.29) is 6.54 Å². The summed E-state index contributed by atoms with van der Waals surface area (Å²) in [6, 6.07) is 8.10. The minimum Gasteiger partial charge on any atom is -0.726 e. The molecule has 23 heavy (non-hydrogen) atoms. The van der Waals surface area contributed by atoms with Crippen molar-refractivity contribution in [3.63, 3.8) is 0 Å². The maximum atomic E-state index is 10.6. The van der Waals surface area contributed by atoms with Gasteiger partial charge in [0.05, 0.1) is 0 Å². The number of rotatable bonds is 5. The van der Waals surface area contributed by atoms with Gasteiger partial charge < -0.3 is 9.66 Å². The second kappa shape index (κ2) is 8.22. The van der Waals surface area contributed by atoms with E-state index in [1.807, 2.05) is 35.0 Å². The van der Waals surface area contributed by atoms with Crippen LogP contribution < -0.4 is 4.57 Å². The number of aliphatic carboxylic acids is 1. The van der Waals surface area contributed by atoms with Gasteiger partial charge in [-0.3, -0.25) is 4.55 Å². The third-order valence-electron chi connectivity index (χ3n) is 2.64. The second-order valence-corrected chi connectivity index (χ2v) is 5.38. The number of carboxylic acid groups (broad SMARTS) is 1. The summed E-state index contributed by atoms with van der Waals surface area (Å²) in [5.41, 5.74) is 2.26. The van der Waals surface area contributed by atoms with Crippen molar-refractivity contribution in [3.05, 3.63) is 60.7 Å². The first-order valence-electron chi connectivity index (χ1n) is 6.33. The number of nitrogens with zero attached hydrogens (tertiary/aromatic N) is 2. The number of carbonyl (C=O) groups is 1. The summed E-state index contributed by atoms with van der Waals surface area (Å²) in [6.07, 6.45) is 7.21. The lowest BCUT2D eigenvalue weighted by Crippen LogP contribution is -2.31. The number of hydrogen-bond acceptors (Lipinski definition) is 4. The van der Waals surface area contributed by atoms with Crippen molar-refractivity contribution in [2.45, 2.75) is 13.1 Å². The zero-order valence-corrected chi connectivity index (χ0v) is 12.9. The predicted octanol–water partition coefficient (Wildman–Crippen LogP) is 0.556. The quantitative estimate of drug-likeness (QED) is 0.465. The highest BCUT2D eigenvalue weighted by Gasteiger charge is 2.07. The zero-order valence-electron chi connectivity index (χ0n) is 12.1. The standard InChI is InChI=1S/C14H14N2O2.H2O4S/c1-2-12-3-5-13(6-4-12)9-15-7-8-16(11-15)10-14(17)18;1-5(2,3)4/h2-8,11H,1,9-10H2;(H2,1,2,3,4). The fraction of sp³-hybridized carbons (Fsp3) is 0.143. The van der Waals surface area contributed by atoms with Crippen molar-refractivity contribution in [2.24, 2.45) is 0 Å². The molecule has 0 atom stereocenters. The van der Waals surface area contributed by atoms with Crippen LogP contribution in [-0.2, 0) is 28.3 Å². The van der Waals surface area contributed by atoms with E-state index < -0.39 is 16.4 Å². The van der Waals surface area contributed by atoms with Crippen LogP contribution in [0.1, 0.15) is 11.1 Å². The van der Waals surface area contributed by atoms with Crippen LogP contribution >= 0.6 is 0 Å². The molecule has 0 aliphatic rings. The van der Waals surface area contributed by atoms with Gasteiger partial charge in [-0.25, -0.2) is 22.3 Å². The number of imidazole rings is 1. The Bertz CT molecular complexity index is 757. The van der Waals surface area contributed by atoms with Gasteiger partial charge in [0.2, 0.25) is 16.7 Å².